The lowest BCUT2D eigenvalue weighted by atomic mass is 10.0. The molecule has 0 aromatic carbocycles. The van der Waals surface area contributed by atoms with Crippen molar-refractivity contribution < 1.29 is 5.11 Å². The van der Waals surface area contributed by atoms with Crippen LogP contribution >= 0.6 is 11.3 Å². The molecule has 1 aromatic rings. The third kappa shape index (κ3) is 1.82. The van der Waals surface area contributed by atoms with E-state index in [0.29, 0.717) is 6.54 Å². The monoisotopic (exact) mass is 195 g/mol. The third-order valence-electron chi connectivity index (χ3n) is 2.23. The van der Waals surface area contributed by atoms with E-state index >= 15 is 0 Å². The zero-order chi connectivity index (χ0) is 9.26. The molecule has 2 heterocycles. The topological polar surface area (TPSA) is 32.3 Å². The molecule has 2 nitrogen and oxygen atoms in total. The highest BCUT2D eigenvalue weighted by atomic mass is 32.1. The van der Waals surface area contributed by atoms with E-state index in [4.69, 9.17) is 0 Å². The quantitative estimate of drug-likeness (QED) is 0.710. The smallest absolute Gasteiger partial charge is 0.0917 e. The maximum atomic E-state index is 9.71. The van der Waals surface area contributed by atoms with Gasteiger partial charge in [0.15, 0.2) is 0 Å². The molecule has 13 heavy (non-hydrogen) atoms. The highest BCUT2D eigenvalue weighted by Crippen LogP contribution is 2.24. The number of aliphatic hydroxyl groups excluding tert-OH is 1. The van der Waals surface area contributed by atoms with Gasteiger partial charge in [-0.05, 0) is 29.5 Å². The van der Waals surface area contributed by atoms with Gasteiger partial charge in [-0.3, -0.25) is 0 Å². The number of β-amino-alcohol motifs (C(OH)–C–C–N with tert-alkyl or cyclic N) is 1. The van der Waals surface area contributed by atoms with E-state index in [1.807, 2.05) is 0 Å². The van der Waals surface area contributed by atoms with Crippen LogP contribution in [0, 0.1) is 6.92 Å². The first kappa shape index (κ1) is 8.94. The van der Waals surface area contributed by atoms with Crippen molar-refractivity contribution in [2.45, 2.75) is 13.0 Å². The molecule has 2 N–H and O–H groups in total. The van der Waals surface area contributed by atoms with E-state index in [1.54, 1.807) is 11.3 Å². The van der Waals surface area contributed by atoms with Gasteiger partial charge >= 0.3 is 0 Å². The molecule has 0 saturated heterocycles. The predicted octanol–water partition coefficient (Wildman–Crippen LogP) is 1.40. The molecular formula is C10H13NOS. The third-order valence-corrected chi connectivity index (χ3v) is 3.09. The Kier molecular flexibility index (Phi) is 2.49. The lowest BCUT2D eigenvalue weighted by Crippen LogP contribution is -2.32. The number of rotatable bonds is 1. The Morgan fingerprint density at radius 1 is 1.62 bits per heavy atom. The van der Waals surface area contributed by atoms with E-state index in [0.717, 1.165) is 12.1 Å². The van der Waals surface area contributed by atoms with Crippen molar-refractivity contribution in [1.29, 1.82) is 0 Å². The minimum atomic E-state index is -0.345. The zero-order valence-corrected chi connectivity index (χ0v) is 8.40. The lowest BCUT2D eigenvalue weighted by Gasteiger charge is -2.19. The lowest BCUT2D eigenvalue weighted by molar-refractivity contribution is 0.225. The van der Waals surface area contributed by atoms with E-state index in [1.165, 1.54) is 10.4 Å². The minimum absolute atomic E-state index is 0.345. The fourth-order valence-electron chi connectivity index (χ4n) is 1.55. The van der Waals surface area contributed by atoms with Gasteiger partial charge in [0.2, 0.25) is 0 Å². The second kappa shape index (κ2) is 3.62. The Morgan fingerprint density at radius 3 is 3.08 bits per heavy atom. The van der Waals surface area contributed by atoms with Crippen LogP contribution < -0.4 is 5.32 Å². The molecule has 0 spiro atoms. The van der Waals surface area contributed by atoms with Crippen LogP contribution in [-0.2, 0) is 0 Å². The van der Waals surface area contributed by atoms with Crippen LogP contribution in [-0.4, -0.2) is 24.3 Å². The summed E-state index contributed by atoms with van der Waals surface area (Å²) < 4.78 is 0. The van der Waals surface area contributed by atoms with Crippen LogP contribution in [0.2, 0.25) is 0 Å². The summed E-state index contributed by atoms with van der Waals surface area (Å²) in [7, 11) is 0. The molecule has 70 valence electrons. The molecule has 1 aromatic heterocycles. The minimum Gasteiger partial charge on any atom is -0.387 e. The molecule has 1 aliphatic rings. The maximum absolute atomic E-state index is 9.71. The van der Waals surface area contributed by atoms with E-state index in [2.05, 4.69) is 29.8 Å². The molecule has 0 radical (unpaired) electrons. The summed E-state index contributed by atoms with van der Waals surface area (Å²) in [6, 6.07) is 2.13. The van der Waals surface area contributed by atoms with E-state index in [9.17, 15) is 5.11 Å². The van der Waals surface area contributed by atoms with Crippen molar-refractivity contribution in [3.8, 4) is 0 Å². The van der Waals surface area contributed by atoms with Crippen molar-refractivity contribution in [2.24, 2.45) is 0 Å². The van der Waals surface area contributed by atoms with Gasteiger partial charge in [-0.1, -0.05) is 6.08 Å². The van der Waals surface area contributed by atoms with Crippen LogP contribution in [0.5, 0.6) is 0 Å². The molecule has 3 heteroatoms. The maximum Gasteiger partial charge on any atom is 0.0917 e. The van der Waals surface area contributed by atoms with Crippen LogP contribution in [0.1, 0.15) is 10.4 Å². The zero-order valence-electron chi connectivity index (χ0n) is 7.58. The number of nitrogens with one attached hydrogen (secondary N) is 1. The average Bonchev–Trinajstić information content (AvgIpc) is 2.53. The summed E-state index contributed by atoms with van der Waals surface area (Å²) in [5.41, 5.74) is 2.25. The standard InChI is InChI=1S/C10H13NOS/c1-7-4-8(6-13-7)9-2-3-11-5-10(9)12/h2,4,6,10-12H,3,5H2,1H3/t10-/m0/s1. The summed E-state index contributed by atoms with van der Waals surface area (Å²) in [6.45, 7) is 3.62. The molecule has 0 aliphatic carbocycles. The van der Waals surface area contributed by atoms with E-state index in [-0.39, 0.29) is 6.10 Å². The molecule has 0 fully saturated rings. The van der Waals surface area contributed by atoms with Gasteiger partial charge in [0.25, 0.3) is 0 Å². The van der Waals surface area contributed by atoms with Gasteiger partial charge < -0.3 is 10.4 Å². The fraction of sp³-hybridized carbons (Fsp3) is 0.400. The van der Waals surface area contributed by atoms with Crippen molar-refractivity contribution in [1.82, 2.24) is 5.32 Å². The van der Waals surface area contributed by atoms with Gasteiger partial charge in [-0.2, -0.15) is 0 Å². The average molecular weight is 195 g/mol. The van der Waals surface area contributed by atoms with Gasteiger partial charge in [0, 0.05) is 18.0 Å². The molecule has 0 amide bonds. The number of hydrogen-bond acceptors (Lipinski definition) is 3. The summed E-state index contributed by atoms with van der Waals surface area (Å²) in [5, 5.41) is 14.9. The van der Waals surface area contributed by atoms with Crippen molar-refractivity contribution in [2.75, 3.05) is 13.1 Å². The van der Waals surface area contributed by atoms with Crippen LogP contribution in [0.15, 0.2) is 17.5 Å². The van der Waals surface area contributed by atoms with Crippen molar-refractivity contribution in [3.05, 3.63) is 28.0 Å². The molecule has 2 rings (SSSR count). The molecular weight excluding hydrogens is 182 g/mol. The first-order valence-electron chi connectivity index (χ1n) is 4.42. The largest absolute Gasteiger partial charge is 0.387 e. The molecule has 0 bridgehead atoms. The highest BCUT2D eigenvalue weighted by Gasteiger charge is 2.16. The SMILES string of the molecule is Cc1cc(C2=CCNC[C@@H]2O)cs1. The number of hydrogen-bond donors (Lipinski definition) is 2. The predicted molar refractivity (Wildman–Crippen MR) is 55.9 cm³/mol. The van der Waals surface area contributed by atoms with Crippen molar-refractivity contribution in [3.63, 3.8) is 0 Å². The van der Waals surface area contributed by atoms with Gasteiger partial charge in [0.1, 0.15) is 0 Å². The number of thiophene rings is 1. The number of aliphatic hydroxyl groups is 1. The molecule has 0 unspecified atom stereocenters. The van der Waals surface area contributed by atoms with Crippen LogP contribution in [0.3, 0.4) is 0 Å². The number of aryl methyl sites for hydroxylation is 1. The summed E-state index contributed by atoms with van der Waals surface area (Å²) in [5.74, 6) is 0. The second-order valence-corrected chi connectivity index (χ2v) is 4.39. The Balaban J connectivity index is 2.29. The first-order chi connectivity index (χ1) is 6.27. The van der Waals surface area contributed by atoms with Crippen molar-refractivity contribution >= 4 is 16.9 Å². The van der Waals surface area contributed by atoms with Gasteiger partial charge in [-0.15, -0.1) is 11.3 Å². The highest BCUT2D eigenvalue weighted by molar-refractivity contribution is 7.10. The van der Waals surface area contributed by atoms with Gasteiger partial charge in [-0.25, -0.2) is 0 Å². The van der Waals surface area contributed by atoms with Gasteiger partial charge in [0.05, 0.1) is 6.10 Å². The fourth-order valence-corrected chi connectivity index (χ4v) is 2.27. The molecule has 1 aliphatic heterocycles. The summed E-state index contributed by atoms with van der Waals surface area (Å²) in [4.78, 5) is 1.29. The van der Waals surface area contributed by atoms with Crippen LogP contribution in [0.25, 0.3) is 5.57 Å². The summed E-state index contributed by atoms with van der Waals surface area (Å²) >= 11 is 1.73. The Labute approximate surface area is 81.9 Å². The Bertz CT molecular complexity index is 329. The first-order valence-corrected chi connectivity index (χ1v) is 5.29. The summed E-state index contributed by atoms with van der Waals surface area (Å²) in [6.07, 6.45) is 1.72. The van der Waals surface area contributed by atoms with E-state index < -0.39 is 0 Å². The second-order valence-electron chi connectivity index (χ2n) is 3.28. The van der Waals surface area contributed by atoms with Crippen LogP contribution in [0.4, 0.5) is 0 Å². The Morgan fingerprint density at radius 2 is 2.46 bits per heavy atom. The molecule has 1 atom stereocenters. The molecule has 0 saturated carbocycles. The Hall–Kier alpha value is -0.640. The normalized spacial score (nSPS) is 22.9.